The van der Waals surface area contributed by atoms with Crippen molar-refractivity contribution in [3.05, 3.63) is 105 Å². The number of carbonyl (C=O) groups excluding carboxylic acids is 1. The molecule has 2 N–H and O–H groups in total. The zero-order chi connectivity index (χ0) is 24.1. The van der Waals surface area contributed by atoms with Gasteiger partial charge in [0.15, 0.2) is 5.11 Å². The standard InChI is InChI=1S/C26H22Cl2N2O3S/c1-2-32-25(31)22-23(16-7-4-3-5-8-16)29-26(34)30-24(22)17-11-13-18(14-12-17)33-15-19-20(27)9-6-10-21(19)28/h3-14,24H,2,15H2,1H3,(H2,29,30,34)/t24-/m0/s1. The Morgan fingerprint density at radius 1 is 0.971 bits per heavy atom. The van der Waals surface area contributed by atoms with E-state index in [2.05, 4.69) is 10.6 Å². The van der Waals surface area contributed by atoms with Crippen LogP contribution in [-0.2, 0) is 16.1 Å². The third-order valence-corrected chi connectivity index (χ3v) is 6.22. The molecule has 3 aromatic carbocycles. The van der Waals surface area contributed by atoms with Gasteiger partial charge in [-0.05, 0) is 54.5 Å². The van der Waals surface area contributed by atoms with Crippen LogP contribution in [0, 0.1) is 0 Å². The Labute approximate surface area is 213 Å². The summed E-state index contributed by atoms with van der Waals surface area (Å²) in [4.78, 5) is 13.0. The van der Waals surface area contributed by atoms with Crippen molar-refractivity contribution < 1.29 is 14.3 Å². The van der Waals surface area contributed by atoms with Gasteiger partial charge < -0.3 is 20.1 Å². The predicted molar refractivity (Wildman–Crippen MR) is 139 cm³/mol. The molecule has 5 nitrogen and oxygen atoms in total. The second-order valence-corrected chi connectivity index (χ2v) is 8.69. The highest BCUT2D eigenvalue weighted by atomic mass is 35.5. The van der Waals surface area contributed by atoms with Gasteiger partial charge in [0, 0.05) is 15.6 Å². The fourth-order valence-electron chi connectivity index (χ4n) is 3.66. The molecule has 3 aromatic rings. The highest BCUT2D eigenvalue weighted by molar-refractivity contribution is 7.80. The van der Waals surface area contributed by atoms with Gasteiger partial charge in [0.2, 0.25) is 0 Å². The number of ether oxygens (including phenoxy) is 2. The first kappa shape index (κ1) is 24.1. The molecule has 174 valence electrons. The van der Waals surface area contributed by atoms with Crippen molar-refractivity contribution in [2.24, 2.45) is 0 Å². The van der Waals surface area contributed by atoms with E-state index >= 15 is 0 Å². The first-order chi connectivity index (χ1) is 16.5. The third kappa shape index (κ3) is 5.36. The number of carbonyl (C=O) groups is 1. The first-order valence-corrected chi connectivity index (χ1v) is 11.8. The minimum Gasteiger partial charge on any atom is -0.489 e. The minimum absolute atomic E-state index is 0.236. The number of hydrogen-bond acceptors (Lipinski definition) is 4. The minimum atomic E-state index is -0.491. The lowest BCUT2D eigenvalue weighted by atomic mass is 9.93. The summed E-state index contributed by atoms with van der Waals surface area (Å²) in [6.45, 7) is 2.28. The van der Waals surface area contributed by atoms with E-state index in [4.69, 9.17) is 44.9 Å². The van der Waals surface area contributed by atoms with Gasteiger partial charge >= 0.3 is 5.97 Å². The van der Waals surface area contributed by atoms with Crippen LogP contribution in [0.1, 0.15) is 29.7 Å². The van der Waals surface area contributed by atoms with E-state index in [0.29, 0.717) is 32.2 Å². The fourth-order valence-corrected chi connectivity index (χ4v) is 4.38. The largest absolute Gasteiger partial charge is 0.489 e. The van der Waals surface area contributed by atoms with Crippen molar-refractivity contribution in [2.45, 2.75) is 19.6 Å². The maximum Gasteiger partial charge on any atom is 0.338 e. The molecule has 0 bridgehead atoms. The molecular weight excluding hydrogens is 491 g/mol. The molecule has 0 radical (unpaired) electrons. The first-order valence-electron chi connectivity index (χ1n) is 10.7. The Bertz CT molecular complexity index is 1210. The van der Waals surface area contributed by atoms with Crippen LogP contribution in [0.25, 0.3) is 5.70 Å². The predicted octanol–water partition coefficient (Wildman–Crippen LogP) is 6.07. The Kier molecular flexibility index (Phi) is 7.73. The highest BCUT2D eigenvalue weighted by Gasteiger charge is 2.33. The van der Waals surface area contributed by atoms with Crippen molar-refractivity contribution in [2.75, 3.05) is 6.61 Å². The fraction of sp³-hybridized carbons (Fsp3) is 0.154. The van der Waals surface area contributed by atoms with Gasteiger partial charge in [-0.1, -0.05) is 71.7 Å². The van der Waals surface area contributed by atoms with Crippen LogP contribution in [0.3, 0.4) is 0 Å². The normalized spacial score (nSPS) is 15.4. The lowest BCUT2D eigenvalue weighted by molar-refractivity contribution is -0.138. The van der Waals surface area contributed by atoms with Crippen molar-refractivity contribution in [1.29, 1.82) is 0 Å². The Hall–Kier alpha value is -3.06. The summed E-state index contributed by atoms with van der Waals surface area (Å²) in [5, 5.41) is 7.85. The maximum atomic E-state index is 13.0. The second-order valence-electron chi connectivity index (χ2n) is 7.46. The molecule has 1 aliphatic heterocycles. The molecule has 0 saturated heterocycles. The summed E-state index contributed by atoms with van der Waals surface area (Å²) < 4.78 is 11.3. The van der Waals surface area contributed by atoms with Crippen molar-refractivity contribution in [1.82, 2.24) is 10.6 Å². The molecule has 1 aliphatic rings. The SMILES string of the molecule is CCOC(=O)C1=C(c2ccccc2)NC(=S)N[C@H]1c1ccc(OCc2c(Cl)cccc2Cl)cc1. The molecular formula is C26H22Cl2N2O3S. The number of nitrogens with one attached hydrogen (secondary N) is 2. The number of esters is 1. The summed E-state index contributed by atoms with van der Waals surface area (Å²) in [5.41, 5.74) is 3.49. The topological polar surface area (TPSA) is 59.6 Å². The molecule has 1 heterocycles. The average molecular weight is 513 g/mol. The third-order valence-electron chi connectivity index (χ3n) is 5.29. The molecule has 0 fully saturated rings. The van der Waals surface area contributed by atoms with Crippen molar-refractivity contribution in [3.8, 4) is 5.75 Å². The molecule has 1 atom stereocenters. The van der Waals surface area contributed by atoms with Gasteiger partial charge in [-0.25, -0.2) is 4.79 Å². The summed E-state index contributed by atoms with van der Waals surface area (Å²) in [7, 11) is 0. The van der Waals surface area contributed by atoms with E-state index < -0.39 is 12.0 Å². The van der Waals surface area contributed by atoms with Crippen LogP contribution in [0.15, 0.2) is 78.4 Å². The summed E-state index contributed by atoms with van der Waals surface area (Å²) in [6.07, 6.45) is 0. The molecule has 0 amide bonds. The van der Waals surface area contributed by atoms with E-state index in [1.165, 1.54) is 0 Å². The van der Waals surface area contributed by atoms with Gasteiger partial charge in [-0.3, -0.25) is 0 Å². The van der Waals surface area contributed by atoms with Crippen LogP contribution in [0.4, 0.5) is 0 Å². The molecule has 0 aromatic heterocycles. The summed E-state index contributed by atoms with van der Waals surface area (Å²) in [5.74, 6) is 0.226. The lowest BCUT2D eigenvalue weighted by Crippen LogP contribution is -2.45. The lowest BCUT2D eigenvalue weighted by Gasteiger charge is -2.31. The Balaban J connectivity index is 1.63. The number of hydrogen-bond donors (Lipinski definition) is 2. The van der Waals surface area contributed by atoms with Gasteiger partial charge in [-0.2, -0.15) is 0 Å². The summed E-state index contributed by atoms with van der Waals surface area (Å²) in [6, 6.07) is 21.8. The van der Waals surface area contributed by atoms with Gasteiger partial charge in [0.05, 0.1) is 23.9 Å². The average Bonchev–Trinajstić information content (AvgIpc) is 2.84. The van der Waals surface area contributed by atoms with E-state index in [1.807, 2.05) is 54.6 Å². The van der Waals surface area contributed by atoms with E-state index in [1.54, 1.807) is 25.1 Å². The van der Waals surface area contributed by atoms with Crippen LogP contribution < -0.4 is 15.4 Å². The quantitative estimate of drug-likeness (QED) is 0.296. The molecule has 8 heteroatoms. The molecule has 0 spiro atoms. The maximum absolute atomic E-state index is 13.0. The number of benzene rings is 3. The van der Waals surface area contributed by atoms with Crippen LogP contribution in [-0.4, -0.2) is 17.7 Å². The van der Waals surface area contributed by atoms with E-state index in [0.717, 1.165) is 16.7 Å². The number of thiocarbonyl (C=S) groups is 1. The van der Waals surface area contributed by atoms with Crippen LogP contribution in [0.2, 0.25) is 10.0 Å². The highest BCUT2D eigenvalue weighted by Crippen LogP contribution is 2.33. The molecule has 0 unspecified atom stereocenters. The zero-order valence-corrected chi connectivity index (χ0v) is 20.6. The number of rotatable bonds is 7. The Morgan fingerprint density at radius 2 is 1.65 bits per heavy atom. The Morgan fingerprint density at radius 3 is 2.29 bits per heavy atom. The van der Waals surface area contributed by atoms with Crippen molar-refractivity contribution >= 4 is 52.2 Å². The monoisotopic (exact) mass is 512 g/mol. The molecule has 0 aliphatic carbocycles. The molecule has 34 heavy (non-hydrogen) atoms. The zero-order valence-electron chi connectivity index (χ0n) is 18.3. The molecule has 4 rings (SSSR count). The van der Waals surface area contributed by atoms with E-state index in [-0.39, 0.29) is 13.2 Å². The number of halogens is 2. The van der Waals surface area contributed by atoms with Crippen LogP contribution in [0.5, 0.6) is 5.75 Å². The second kappa shape index (κ2) is 10.9. The van der Waals surface area contributed by atoms with Gasteiger partial charge in [-0.15, -0.1) is 0 Å². The van der Waals surface area contributed by atoms with Gasteiger partial charge in [0.1, 0.15) is 12.4 Å². The van der Waals surface area contributed by atoms with Crippen LogP contribution >= 0.6 is 35.4 Å². The molecule has 0 saturated carbocycles. The smallest absolute Gasteiger partial charge is 0.338 e. The van der Waals surface area contributed by atoms with E-state index in [9.17, 15) is 4.79 Å². The summed E-state index contributed by atoms with van der Waals surface area (Å²) >= 11 is 17.9. The van der Waals surface area contributed by atoms with Crippen molar-refractivity contribution in [3.63, 3.8) is 0 Å². The van der Waals surface area contributed by atoms with Gasteiger partial charge in [0.25, 0.3) is 0 Å².